The highest BCUT2D eigenvalue weighted by molar-refractivity contribution is 5.79. The summed E-state index contributed by atoms with van der Waals surface area (Å²) in [7, 11) is 0. The van der Waals surface area contributed by atoms with Crippen LogP contribution in [0.2, 0.25) is 0 Å². The van der Waals surface area contributed by atoms with Gasteiger partial charge in [0.15, 0.2) is 5.41 Å². The summed E-state index contributed by atoms with van der Waals surface area (Å²) in [5.41, 5.74) is -2.36. The van der Waals surface area contributed by atoms with E-state index in [1.54, 1.807) is 0 Å². The molecule has 0 spiro atoms. The molecule has 1 saturated heterocycles. The summed E-state index contributed by atoms with van der Waals surface area (Å²) < 4.78 is 45.2. The first-order valence-corrected chi connectivity index (χ1v) is 7.54. The molecule has 1 heterocycles. The maximum Gasteiger partial charge on any atom is 0.406 e. The number of carbonyl (C=O) groups is 1. The van der Waals surface area contributed by atoms with Crippen LogP contribution in [0.4, 0.5) is 13.2 Å². The number of halogens is 3. The molecule has 0 radical (unpaired) electrons. The van der Waals surface area contributed by atoms with Gasteiger partial charge in [-0.25, -0.2) is 0 Å². The van der Waals surface area contributed by atoms with Gasteiger partial charge < -0.3 is 10.1 Å². The van der Waals surface area contributed by atoms with E-state index in [0.717, 1.165) is 6.42 Å². The minimum absolute atomic E-state index is 0.00192. The van der Waals surface area contributed by atoms with Gasteiger partial charge in [0.2, 0.25) is 0 Å². The second-order valence-corrected chi connectivity index (χ2v) is 7.45. The van der Waals surface area contributed by atoms with E-state index in [4.69, 9.17) is 4.74 Å². The zero-order valence-electron chi connectivity index (χ0n) is 12.8. The number of hydrogen-bond donors (Lipinski definition) is 1. The van der Waals surface area contributed by atoms with Crippen molar-refractivity contribution in [3.05, 3.63) is 0 Å². The molecule has 1 aliphatic heterocycles. The van der Waals surface area contributed by atoms with E-state index >= 15 is 0 Å². The van der Waals surface area contributed by atoms with Crippen LogP contribution < -0.4 is 5.32 Å². The number of ether oxygens (including phenoxy) is 1. The van der Waals surface area contributed by atoms with Crippen molar-refractivity contribution in [2.45, 2.75) is 58.7 Å². The number of nitrogens with one attached hydrogen (secondary N) is 1. The van der Waals surface area contributed by atoms with Gasteiger partial charge in [-0.1, -0.05) is 20.8 Å². The van der Waals surface area contributed by atoms with Crippen molar-refractivity contribution in [1.82, 2.24) is 5.32 Å². The van der Waals surface area contributed by atoms with E-state index < -0.39 is 23.7 Å². The van der Waals surface area contributed by atoms with Gasteiger partial charge >= 0.3 is 12.1 Å². The lowest BCUT2D eigenvalue weighted by Gasteiger charge is -2.40. The average Bonchev–Trinajstić information content (AvgIpc) is 2.74. The molecule has 3 nitrogen and oxygen atoms in total. The molecule has 0 amide bonds. The van der Waals surface area contributed by atoms with Crippen molar-refractivity contribution in [2.24, 2.45) is 16.7 Å². The lowest BCUT2D eigenvalue weighted by Crippen LogP contribution is -2.49. The summed E-state index contributed by atoms with van der Waals surface area (Å²) in [5.74, 6) is -0.745. The molecular weight excluding hydrogens is 283 g/mol. The molecule has 122 valence electrons. The van der Waals surface area contributed by atoms with Crippen molar-refractivity contribution >= 4 is 5.97 Å². The molecule has 0 aromatic carbocycles. The molecular formula is C15H24F3NO2. The third-order valence-electron chi connectivity index (χ3n) is 4.71. The summed E-state index contributed by atoms with van der Waals surface area (Å²) in [4.78, 5) is 12.2. The highest BCUT2D eigenvalue weighted by Crippen LogP contribution is 2.46. The quantitative estimate of drug-likeness (QED) is 0.796. The standard InChI is InChI=1S/C15H24F3NO2/c1-10-6-11(8-13(2,3)7-10)21-12(20)14(15(16,17)18)4-5-19-9-14/h10-11,19H,4-9H2,1-3H3. The summed E-state index contributed by atoms with van der Waals surface area (Å²) in [6.45, 7) is 6.01. The molecule has 2 fully saturated rings. The van der Waals surface area contributed by atoms with Crippen molar-refractivity contribution in [1.29, 1.82) is 0 Å². The van der Waals surface area contributed by atoms with Gasteiger partial charge in [0.05, 0.1) is 0 Å². The van der Waals surface area contributed by atoms with Gasteiger partial charge in [-0.05, 0) is 43.6 Å². The van der Waals surface area contributed by atoms with Crippen LogP contribution in [0.3, 0.4) is 0 Å². The Morgan fingerprint density at radius 3 is 2.43 bits per heavy atom. The van der Waals surface area contributed by atoms with Crippen LogP contribution in [0.25, 0.3) is 0 Å². The summed E-state index contributed by atoms with van der Waals surface area (Å²) in [6.07, 6.45) is -2.92. The molecule has 21 heavy (non-hydrogen) atoms. The maximum absolute atomic E-state index is 13.3. The fourth-order valence-electron chi connectivity index (χ4n) is 3.84. The summed E-state index contributed by atoms with van der Waals surface area (Å²) in [5, 5.41) is 2.64. The highest BCUT2D eigenvalue weighted by Gasteiger charge is 2.63. The first-order chi connectivity index (χ1) is 9.56. The predicted octanol–water partition coefficient (Wildman–Crippen LogP) is 3.29. The number of carbonyl (C=O) groups excluding carboxylic acids is 1. The highest BCUT2D eigenvalue weighted by atomic mass is 19.4. The van der Waals surface area contributed by atoms with Crippen molar-refractivity contribution in [3.8, 4) is 0 Å². The molecule has 0 bridgehead atoms. The summed E-state index contributed by atoms with van der Waals surface area (Å²) >= 11 is 0. The smallest absolute Gasteiger partial charge is 0.406 e. The Morgan fingerprint density at radius 2 is 1.95 bits per heavy atom. The molecule has 6 heteroatoms. The molecule has 2 aliphatic rings. The fourth-order valence-corrected chi connectivity index (χ4v) is 3.84. The largest absolute Gasteiger partial charge is 0.462 e. The first kappa shape index (κ1) is 16.6. The minimum Gasteiger partial charge on any atom is -0.462 e. The van der Waals surface area contributed by atoms with E-state index in [2.05, 4.69) is 26.1 Å². The fraction of sp³-hybridized carbons (Fsp3) is 0.933. The van der Waals surface area contributed by atoms with Gasteiger partial charge in [0, 0.05) is 6.54 Å². The zero-order chi connectivity index (χ0) is 15.9. The molecule has 1 aliphatic carbocycles. The first-order valence-electron chi connectivity index (χ1n) is 7.54. The monoisotopic (exact) mass is 307 g/mol. The molecule has 3 unspecified atom stereocenters. The predicted molar refractivity (Wildman–Crippen MR) is 72.7 cm³/mol. The van der Waals surface area contributed by atoms with E-state index in [0.29, 0.717) is 18.8 Å². The Hall–Kier alpha value is -0.780. The van der Waals surface area contributed by atoms with Crippen molar-refractivity contribution < 1.29 is 22.7 Å². The Balaban J connectivity index is 2.09. The second kappa shape index (κ2) is 5.45. The Morgan fingerprint density at radius 1 is 1.29 bits per heavy atom. The van der Waals surface area contributed by atoms with Gasteiger partial charge in [0.1, 0.15) is 6.10 Å². The zero-order valence-corrected chi connectivity index (χ0v) is 12.8. The molecule has 0 aromatic heterocycles. The van der Waals surface area contributed by atoms with Crippen molar-refractivity contribution in [2.75, 3.05) is 13.1 Å². The molecule has 3 atom stereocenters. The molecule has 0 aromatic rings. The minimum atomic E-state index is -4.57. The van der Waals surface area contributed by atoms with Gasteiger partial charge in [-0.15, -0.1) is 0 Å². The molecule has 1 N–H and O–H groups in total. The Kier molecular flexibility index (Phi) is 4.30. The van der Waals surface area contributed by atoms with Crippen LogP contribution >= 0.6 is 0 Å². The number of esters is 1. The Bertz CT molecular complexity index is 400. The number of rotatable bonds is 2. The molecule has 2 rings (SSSR count). The lowest BCUT2D eigenvalue weighted by molar-refractivity contribution is -0.233. The van der Waals surface area contributed by atoms with Crippen LogP contribution in [0.5, 0.6) is 0 Å². The van der Waals surface area contributed by atoms with E-state index in [-0.39, 0.29) is 24.9 Å². The maximum atomic E-state index is 13.3. The van der Waals surface area contributed by atoms with Crippen LogP contribution in [-0.2, 0) is 9.53 Å². The van der Waals surface area contributed by atoms with Crippen LogP contribution in [0, 0.1) is 16.7 Å². The summed E-state index contributed by atoms with van der Waals surface area (Å²) in [6, 6.07) is 0. The third-order valence-corrected chi connectivity index (χ3v) is 4.71. The van der Waals surface area contributed by atoms with Gasteiger partial charge in [-0.3, -0.25) is 4.79 Å². The third kappa shape index (κ3) is 3.35. The van der Waals surface area contributed by atoms with Crippen LogP contribution in [0.15, 0.2) is 0 Å². The van der Waals surface area contributed by atoms with Crippen LogP contribution in [0.1, 0.15) is 46.5 Å². The number of hydrogen-bond acceptors (Lipinski definition) is 3. The van der Waals surface area contributed by atoms with Gasteiger partial charge in [0.25, 0.3) is 0 Å². The van der Waals surface area contributed by atoms with E-state index in [1.165, 1.54) is 0 Å². The van der Waals surface area contributed by atoms with E-state index in [1.807, 2.05) is 0 Å². The average molecular weight is 307 g/mol. The topological polar surface area (TPSA) is 38.3 Å². The van der Waals surface area contributed by atoms with Gasteiger partial charge in [-0.2, -0.15) is 13.2 Å². The Labute approximate surface area is 123 Å². The molecule has 1 saturated carbocycles. The SMILES string of the molecule is CC1CC(OC(=O)C2(C(F)(F)F)CCNC2)CC(C)(C)C1. The van der Waals surface area contributed by atoms with Crippen LogP contribution in [-0.4, -0.2) is 31.3 Å². The lowest BCUT2D eigenvalue weighted by atomic mass is 9.71. The van der Waals surface area contributed by atoms with Crippen molar-refractivity contribution in [3.63, 3.8) is 0 Å². The normalized spacial score (nSPS) is 36.5. The second-order valence-electron chi connectivity index (χ2n) is 7.45. The van der Waals surface area contributed by atoms with E-state index in [9.17, 15) is 18.0 Å². The number of alkyl halides is 3.